The smallest absolute Gasteiger partial charge is 0.337 e. The topological polar surface area (TPSA) is 128 Å². The van der Waals surface area contributed by atoms with Gasteiger partial charge in [0.2, 0.25) is 10.0 Å². The molecule has 1 aliphatic heterocycles. The Morgan fingerprint density at radius 3 is 2.52 bits per heavy atom. The Labute approximate surface area is 168 Å². The third-order valence-corrected chi connectivity index (χ3v) is 6.47. The molecular weight excluding hydrogens is 394 g/mol. The number of carboxylic acids is 1. The maximum Gasteiger partial charge on any atom is 0.337 e. The highest BCUT2D eigenvalue weighted by Crippen LogP contribution is 2.20. The maximum absolute atomic E-state index is 12.6. The van der Waals surface area contributed by atoms with Gasteiger partial charge in [0.25, 0.3) is 5.91 Å². The Balaban J connectivity index is 1.80. The summed E-state index contributed by atoms with van der Waals surface area (Å²) in [5.41, 5.74) is 0.693. The zero-order valence-corrected chi connectivity index (χ0v) is 16.3. The van der Waals surface area contributed by atoms with Gasteiger partial charge in [-0.2, -0.15) is 5.26 Å². The number of nitrogens with zero attached hydrogens (tertiary/aromatic N) is 2. The van der Waals surface area contributed by atoms with Gasteiger partial charge in [-0.15, -0.1) is 0 Å². The average molecular weight is 413 g/mol. The van der Waals surface area contributed by atoms with Gasteiger partial charge in [0, 0.05) is 18.7 Å². The molecule has 0 bridgehead atoms. The molecule has 1 fully saturated rings. The van der Waals surface area contributed by atoms with Gasteiger partial charge < -0.3 is 10.4 Å². The van der Waals surface area contributed by atoms with Gasteiger partial charge in [-0.1, -0.05) is 12.1 Å². The van der Waals surface area contributed by atoms with Crippen LogP contribution in [0.5, 0.6) is 0 Å². The first-order chi connectivity index (χ1) is 13.8. The van der Waals surface area contributed by atoms with E-state index in [1.54, 1.807) is 12.1 Å². The van der Waals surface area contributed by atoms with Crippen LogP contribution < -0.4 is 5.32 Å². The van der Waals surface area contributed by atoms with Crippen LogP contribution in [0.15, 0.2) is 42.5 Å². The molecule has 9 heteroatoms. The van der Waals surface area contributed by atoms with Gasteiger partial charge in [0.1, 0.15) is 0 Å². The van der Waals surface area contributed by atoms with Crippen molar-refractivity contribution in [2.75, 3.05) is 18.4 Å². The largest absolute Gasteiger partial charge is 0.478 e. The minimum absolute atomic E-state index is 0.0524. The molecule has 1 amide bonds. The summed E-state index contributed by atoms with van der Waals surface area (Å²) in [4.78, 5) is 24.0. The van der Waals surface area contributed by atoms with Crippen molar-refractivity contribution in [3.63, 3.8) is 0 Å². The van der Waals surface area contributed by atoms with E-state index in [1.165, 1.54) is 34.6 Å². The van der Waals surface area contributed by atoms with Gasteiger partial charge >= 0.3 is 5.97 Å². The third kappa shape index (κ3) is 4.80. The fourth-order valence-electron chi connectivity index (χ4n) is 3.16. The molecule has 0 spiro atoms. The summed E-state index contributed by atoms with van der Waals surface area (Å²) in [6.45, 7) is 1.03. The van der Waals surface area contributed by atoms with Crippen LogP contribution in [0, 0.1) is 11.3 Å². The number of hydrogen-bond acceptors (Lipinski definition) is 5. The van der Waals surface area contributed by atoms with Crippen molar-refractivity contribution >= 4 is 27.6 Å². The van der Waals surface area contributed by atoms with Crippen molar-refractivity contribution in [3.8, 4) is 6.07 Å². The quantitative estimate of drug-likeness (QED) is 0.749. The number of carboxylic acid groups (broad SMARTS) is 1. The molecule has 0 aromatic heterocycles. The van der Waals surface area contributed by atoms with E-state index in [4.69, 9.17) is 5.26 Å². The summed E-state index contributed by atoms with van der Waals surface area (Å²) in [6.07, 6.45) is 1.69. The van der Waals surface area contributed by atoms with Gasteiger partial charge in [0.05, 0.1) is 28.6 Å². The van der Waals surface area contributed by atoms with Crippen LogP contribution in [0.2, 0.25) is 0 Å². The minimum Gasteiger partial charge on any atom is -0.478 e. The average Bonchev–Trinajstić information content (AvgIpc) is 3.24. The Kier molecular flexibility index (Phi) is 5.96. The molecule has 0 unspecified atom stereocenters. The van der Waals surface area contributed by atoms with E-state index in [0.29, 0.717) is 18.7 Å². The molecule has 1 heterocycles. The second-order valence-electron chi connectivity index (χ2n) is 6.69. The van der Waals surface area contributed by atoms with Crippen LogP contribution in [-0.4, -0.2) is 42.8 Å². The van der Waals surface area contributed by atoms with Crippen molar-refractivity contribution in [1.29, 1.82) is 5.26 Å². The van der Waals surface area contributed by atoms with E-state index < -0.39 is 21.9 Å². The number of sulfonamides is 1. The maximum atomic E-state index is 12.6. The predicted molar refractivity (Wildman–Crippen MR) is 106 cm³/mol. The first-order valence-corrected chi connectivity index (χ1v) is 10.6. The zero-order valence-electron chi connectivity index (χ0n) is 15.5. The van der Waals surface area contributed by atoms with Crippen LogP contribution in [0.1, 0.15) is 44.7 Å². The molecule has 150 valence electrons. The normalized spacial score (nSPS) is 14.3. The van der Waals surface area contributed by atoms with Crippen LogP contribution in [-0.2, 0) is 15.8 Å². The van der Waals surface area contributed by atoms with E-state index >= 15 is 0 Å². The van der Waals surface area contributed by atoms with Crippen molar-refractivity contribution in [2.45, 2.75) is 18.6 Å². The fourth-order valence-corrected chi connectivity index (χ4v) is 4.76. The summed E-state index contributed by atoms with van der Waals surface area (Å²) in [5, 5.41) is 20.7. The molecule has 0 radical (unpaired) electrons. The summed E-state index contributed by atoms with van der Waals surface area (Å²) in [7, 11) is -3.45. The van der Waals surface area contributed by atoms with E-state index in [9.17, 15) is 23.1 Å². The van der Waals surface area contributed by atoms with E-state index in [0.717, 1.165) is 12.8 Å². The predicted octanol–water partition coefficient (Wildman–Crippen LogP) is 2.43. The number of benzene rings is 2. The lowest BCUT2D eigenvalue weighted by Crippen LogP contribution is -2.29. The molecular formula is C20H19N3O5S. The molecule has 8 nitrogen and oxygen atoms in total. The lowest BCUT2D eigenvalue weighted by molar-refractivity contribution is 0.0698. The van der Waals surface area contributed by atoms with Gasteiger partial charge in [-0.05, 0) is 48.7 Å². The fraction of sp³-hybridized carbons (Fsp3) is 0.250. The molecule has 0 saturated carbocycles. The van der Waals surface area contributed by atoms with Crippen LogP contribution in [0.25, 0.3) is 0 Å². The highest BCUT2D eigenvalue weighted by atomic mass is 32.2. The molecule has 1 saturated heterocycles. The Morgan fingerprint density at radius 1 is 1.14 bits per heavy atom. The van der Waals surface area contributed by atoms with Crippen LogP contribution >= 0.6 is 0 Å². The Morgan fingerprint density at radius 2 is 1.86 bits per heavy atom. The summed E-state index contributed by atoms with van der Waals surface area (Å²) < 4.78 is 26.4. The second-order valence-corrected chi connectivity index (χ2v) is 8.66. The van der Waals surface area contributed by atoms with E-state index in [1.807, 2.05) is 6.07 Å². The van der Waals surface area contributed by atoms with Crippen LogP contribution in [0.3, 0.4) is 0 Å². The first kappa shape index (κ1) is 20.5. The van der Waals surface area contributed by atoms with Crippen LogP contribution in [0.4, 0.5) is 5.69 Å². The van der Waals surface area contributed by atoms with Crippen molar-refractivity contribution in [3.05, 3.63) is 64.7 Å². The molecule has 2 N–H and O–H groups in total. The van der Waals surface area contributed by atoms with E-state index in [-0.39, 0.29) is 28.1 Å². The number of nitriles is 1. The summed E-state index contributed by atoms with van der Waals surface area (Å²) in [6, 6.07) is 12.0. The van der Waals surface area contributed by atoms with Crippen molar-refractivity contribution in [2.24, 2.45) is 0 Å². The van der Waals surface area contributed by atoms with Gasteiger partial charge in [-0.25, -0.2) is 17.5 Å². The van der Waals surface area contributed by atoms with Crippen molar-refractivity contribution in [1.82, 2.24) is 4.31 Å². The van der Waals surface area contributed by atoms with Gasteiger partial charge in [0.15, 0.2) is 0 Å². The highest BCUT2D eigenvalue weighted by Gasteiger charge is 2.25. The number of amides is 1. The Hall–Kier alpha value is -3.22. The highest BCUT2D eigenvalue weighted by molar-refractivity contribution is 7.88. The second kappa shape index (κ2) is 8.43. The minimum atomic E-state index is -3.45. The number of carbonyl (C=O) groups excluding carboxylic acids is 1. The lowest BCUT2D eigenvalue weighted by atomic mass is 10.1. The van der Waals surface area contributed by atoms with Gasteiger partial charge in [-0.3, -0.25) is 4.79 Å². The number of hydrogen-bond donors (Lipinski definition) is 2. The zero-order chi connectivity index (χ0) is 21.0. The summed E-state index contributed by atoms with van der Waals surface area (Å²) in [5.74, 6) is -2.05. The van der Waals surface area contributed by atoms with Crippen molar-refractivity contribution < 1.29 is 23.1 Å². The molecule has 0 aliphatic carbocycles. The number of carbonyl (C=O) groups is 2. The molecule has 2 aromatic carbocycles. The number of rotatable bonds is 6. The number of nitrogens with one attached hydrogen (secondary N) is 1. The standard InChI is InChI=1S/C20H19N3O5S/c21-12-14-6-7-18(17(11-14)20(25)26)22-19(24)16-5-3-4-15(10-16)13-29(27,28)23-8-1-2-9-23/h3-7,10-11H,1-2,8-9,13H2,(H,22,24)(H,25,26). The molecule has 3 rings (SSSR count). The first-order valence-electron chi connectivity index (χ1n) is 8.96. The SMILES string of the molecule is N#Cc1ccc(NC(=O)c2cccc(CS(=O)(=O)N3CCCC3)c2)c(C(=O)O)c1. The summed E-state index contributed by atoms with van der Waals surface area (Å²) >= 11 is 0. The molecule has 1 aliphatic rings. The number of anilines is 1. The molecule has 0 atom stereocenters. The third-order valence-electron chi connectivity index (χ3n) is 4.62. The molecule has 29 heavy (non-hydrogen) atoms. The lowest BCUT2D eigenvalue weighted by Gasteiger charge is -2.15. The Bertz CT molecular complexity index is 1100. The monoisotopic (exact) mass is 413 g/mol. The molecule has 2 aromatic rings. The number of aromatic carboxylic acids is 1. The van der Waals surface area contributed by atoms with E-state index in [2.05, 4.69) is 5.32 Å².